The summed E-state index contributed by atoms with van der Waals surface area (Å²) in [6.07, 6.45) is 2.77. The van der Waals surface area contributed by atoms with Crippen molar-refractivity contribution >= 4 is 11.8 Å². The van der Waals surface area contributed by atoms with Gasteiger partial charge in [0.2, 0.25) is 11.8 Å². The minimum absolute atomic E-state index is 0.0236. The van der Waals surface area contributed by atoms with Gasteiger partial charge in [0.1, 0.15) is 12.4 Å². The second kappa shape index (κ2) is 9.37. The quantitative estimate of drug-likeness (QED) is 0.784. The minimum Gasteiger partial charge on any atom is -0.469 e. The number of furan rings is 1. The summed E-state index contributed by atoms with van der Waals surface area (Å²) in [5.74, 6) is 0.746. The van der Waals surface area contributed by atoms with Gasteiger partial charge in [0.15, 0.2) is 0 Å². The van der Waals surface area contributed by atoms with Crippen LogP contribution in [0, 0.1) is 0 Å². The highest BCUT2D eigenvalue weighted by atomic mass is 16.5. The predicted octanol–water partition coefficient (Wildman–Crippen LogP) is 2.51. The molecule has 6 nitrogen and oxygen atoms in total. The molecule has 27 heavy (non-hydrogen) atoms. The molecule has 144 valence electrons. The Morgan fingerprint density at radius 2 is 1.70 bits per heavy atom. The van der Waals surface area contributed by atoms with Crippen LogP contribution in [-0.2, 0) is 14.3 Å². The number of carbonyl (C=O) groups is 2. The number of rotatable bonds is 6. The second-order valence-corrected chi connectivity index (χ2v) is 6.73. The van der Waals surface area contributed by atoms with Gasteiger partial charge in [-0.25, -0.2) is 0 Å². The van der Waals surface area contributed by atoms with Crippen LogP contribution in [0.3, 0.4) is 0 Å². The first-order chi connectivity index (χ1) is 13.2. The molecule has 0 spiro atoms. The van der Waals surface area contributed by atoms with Crippen molar-refractivity contribution < 1.29 is 18.7 Å². The molecule has 3 rings (SSSR count). The normalized spacial score (nSPS) is 16.0. The maximum Gasteiger partial charge on any atom is 0.248 e. The molecular weight excluding hydrogens is 344 g/mol. The fourth-order valence-corrected chi connectivity index (χ4v) is 3.49. The highest BCUT2D eigenvalue weighted by molar-refractivity contribution is 5.79. The Morgan fingerprint density at radius 1 is 1.00 bits per heavy atom. The van der Waals surface area contributed by atoms with Crippen LogP contribution in [0.2, 0.25) is 0 Å². The van der Waals surface area contributed by atoms with Gasteiger partial charge in [-0.3, -0.25) is 9.59 Å². The van der Waals surface area contributed by atoms with Gasteiger partial charge in [-0.2, -0.15) is 0 Å². The summed E-state index contributed by atoms with van der Waals surface area (Å²) in [5.41, 5.74) is 1.06. The first-order valence-electron chi connectivity index (χ1n) is 9.32. The van der Waals surface area contributed by atoms with E-state index in [2.05, 4.69) is 0 Å². The molecule has 2 heterocycles. The van der Waals surface area contributed by atoms with Gasteiger partial charge in [0.25, 0.3) is 0 Å². The van der Waals surface area contributed by atoms with Crippen molar-refractivity contribution in [2.45, 2.75) is 18.8 Å². The van der Waals surface area contributed by atoms with Crippen LogP contribution >= 0.6 is 0 Å². The van der Waals surface area contributed by atoms with E-state index in [0.29, 0.717) is 32.6 Å². The number of hydrogen-bond acceptors (Lipinski definition) is 4. The summed E-state index contributed by atoms with van der Waals surface area (Å²) < 4.78 is 10.5. The molecule has 0 saturated carbocycles. The Bertz CT molecular complexity index is 730. The Labute approximate surface area is 159 Å². The van der Waals surface area contributed by atoms with E-state index in [-0.39, 0.29) is 24.3 Å². The second-order valence-electron chi connectivity index (χ2n) is 6.73. The Balaban J connectivity index is 1.66. The highest BCUT2D eigenvalue weighted by Gasteiger charge is 2.26. The molecule has 1 saturated heterocycles. The van der Waals surface area contributed by atoms with Gasteiger partial charge < -0.3 is 19.0 Å². The third-order valence-corrected chi connectivity index (χ3v) is 4.94. The number of amides is 2. The standard InChI is InChI=1S/C21H26N2O4/c1-26-16-21(25)23-11-6-10-22(12-13-23)20(24)15-18(19-9-5-14-27-19)17-7-3-2-4-8-17/h2-5,7-9,14,18H,6,10-13,15-16H2,1H3/t18-/m1/s1. The van der Waals surface area contributed by atoms with E-state index in [1.165, 1.54) is 7.11 Å². The molecule has 1 aliphatic heterocycles. The molecule has 1 atom stereocenters. The summed E-state index contributed by atoms with van der Waals surface area (Å²) in [6.45, 7) is 2.50. The minimum atomic E-state index is -0.108. The lowest BCUT2D eigenvalue weighted by atomic mass is 9.92. The summed E-state index contributed by atoms with van der Waals surface area (Å²) in [7, 11) is 1.52. The molecule has 0 N–H and O–H groups in total. The molecule has 0 bridgehead atoms. The predicted molar refractivity (Wildman–Crippen MR) is 101 cm³/mol. The molecule has 0 unspecified atom stereocenters. The van der Waals surface area contributed by atoms with Gasteiger partial charge in [-0.05, 0) is 24.1 Å². The molecular formula is C21H26N2O4. The van der Waals surface area contributed by atoms with Gasteiger partial charge in [-0.1, -0.05) is 30.3 Å². The molecule has 1 aromatic heterocycles. The summed E-state index contributed by atoms with van der Waals surface area (Å²) in [6, 6.07) is 13.7. The molecule has 1 aliphatic rings. The number of hydrogen-bond donors (Lipinski definition) is 0. The average molecular weight is 370 g/mol. The van der Waals surface area contributed by atoms with Crippen LogP contribution < -0.4 is 0 Å². The monoisotopic (exact) mass is 370 g/mol. The van der Waals surface area contributed by atoms with Gasteiger partial charge in [0, 0.05) is 39.7 Å². The zero-order valence-electron chi connectivity index (χ0n) is 15.7. The van der Waals surface area contributed by atoms with E-state index in [4.69, 9.17) is 9.15 Å². The van der Waals surface area contributed by atoms with Crippen LogP contribution in [0.1, 0.15) is 30.1 Å². The molecule has 0 aliphatic carbocycles. The number of methoxy groups -OCH3 is 1. The lowest BCUT2D eigenvalue weighted by molar-refractivity contribution is -0.136. The van der Waals surface area contributed by atoms with Crippen molar-refractivity contribution in [2.24, 2.45) is 0 Å². The SMILES string of the molecule is COCC(=O)N1CCCN(C(=O)C[C@H](c2ccccc2)c2ccco2)CC1. The molecule has 2 amide bonds. The summed E-state index contributed by atoms with van der Waals surface area (Å²) in [4.78, 5) is 28.7. The third-order valence-electron chi connectivity index (χ3n) is 4.94. The zero-order valence-corrected chi connectivity index (χ0v) is 15.7. The lowest BCUT2D eigenvalue weighted by Gasteiger charge is -2.24. The number of carbonyl (C=O) groups excluding carboxylic acids is 2. The Hall–Kier alpha value is -2.60. The van der Waals surface area contributed by atoms with Crippen LogP contribution in [0.15, 0.2) is 53.1 Å². The van der Waals surface area contributed by atoms with E-state index in [1.54, 1.807) is 11.2 Å². The van der Waals surface area contributed by atoms with E-state index < -0.39 is 0 Å². The van der Waals surface area contributed by atoms with Crippen LogP contribution in [0.25, 0.3) is 0 Å². The van der Waals surface area contributed by atoms with Gasteiger partial charge in [0.05, 0.1) is 12.2 Å². The number of benzene rings is 1. The van der Waals surface area contributed by atoms with Crippen LogP contribution in [0.4, 0.5) is 0 Å². The molecule has 1 aromatic carbocycles. The van der Waals surface area contributed by atoms with Crippen molar-refractivity contribution in [3.8, 4) is 0 Å². The first kappa shape index (κ1) is 19.2. The molecule has 1 fully saturated rings. The molecule has 2 aromatic rings. The maximum atomic E-state index is 13.0. The van der Waals surface area contributed by atoms with Crippen LogP contribution in [0.5, 0.6) is 0 Å². The van der Waals surface area contributed by atoms with Crippen molar-refractivity contribution in [1.29, 1.82) is 0 Å². The summed E-state index contributed by atoms with van der Waals surface area (Å²) in [5, 5.41) is 0. The first-order valence-corrected chi connectivity index (χ1v) is 9.32. The van der Waals surface area contributed by atoms with Crippen molar-refractivity contribution in [3.05, 3.63) is 60.1 Å². The maximum absolute atomic E-state index is 13.0. The van der Waals surface area contributed by atoms with Crippen molar-refractivity contribution in [2.75, 3.05) is 39.9 Å². The smallest absolute Gasteiger partial charge is 0.248 e. The van der Waals surface area contributed by atoms with Crippen molar-refractivity contribution in [1.82, 2.24) is 9.80 Å². The molecule has 6 heteroatoms. The van der Waals surface area contributed by atoms with Gasteiger partial charge in [-0.15, -0.1) is 0 Å². The van der Waals surface area contributed by atoms with E-state index in [9.17, 15) is 9.59 Å². The number of nitrogens with zero attached hydrogens (tertiary/aromatic N) is 2. The Kier molecular flexibility index (Phi) is 6.65. The topological polar surface area (TPSA) is 63.0 Å². The van der Waals surface area contributed by atoms with E-state index in [1.807, 2.05) is 47.4 Å². The van der Waals surface area contributed by atoms with E-state index >= 15 is 0 Å². The average Bonchev–Trinajstić information content (AvgIpc) is 3.10. The fraction of sp³-hybridized carbons (Fsp3) is 0.429. The van der Waals surface area contributed by atoms with Gasteiger partial charge >= 0.3 is 0 Å². The summed E-state index contributed by atoms with van der Waals surface area (Å²) >= 11 is 0. The third kappa shape index (κ3) is 4.98. The highest BCUT2D eigenvalue weighted by Crippen LogP contribution is 2.29. The van der Waals surface area contributed by atoms with E-state index in [0.717, 1.165) is 17.7 Å². The largest absolute Gasteiger partial charge is 0.469 e. The fourth-order valence-electron chi connectivity index (χ4n) is 3.49. The number of ether oxygens (including phenoxy) is 1. The lowest BCUT2D eigenvalue weighted by Crippen LogP contribution is -2.39. The Morgan fingerprint density at radius 3 is 2.33 bits per heavy atom. The van der Waals surface area contributed by atoms with Crippen LogP contribution in [-0.4, -0.2) is 61.5 Å². The molecule has 0 radical (unpaired) electrons. The zero-order chi connectivity index (χ0) is 19.1. The van der Waals surface area contributed by atoms with Crippen molar-refractivity contribution in [3.63, 3.8) is 0 Å².